The van der Waals surface area contributed by atoms with Crippen LogP contribution in [0, 0.1) is 0 Å². The van der Waals surface area contributed by atoms with Crippen molar-refractivity contribution in [3.05, 3.63) is 0 Å². The van der Waals surface area contributed by atoms with Crippen LogP contribution in [-0.2, 0) is 14.6 Å². The van der Waals surface area contributed by atoms with Crippen molar-refractivity contribution < 1.29 is 17.9 Å². The van der Waals surface area contributed by atoms with Crippen molar-refractivity contribution in [2.45, 2.75) is 38.5 Å². The summed E-state index contributed by atoms with van der Waals surface area (Å²) in [5, 5.41) is 3.16. The number of hydrogen-bond donors (Lipinski definition) is 1. The standard InChI is InChI=1S/C11H20N2O4S/c1-11(2,3)17-10(14)13-5-4-12-8-6-18(15,16)7-9(8)13/h8-9,12H,4-7H2,1-3H3/t8-,9+/m1/s1. The molecule has 0 aliphatic carbocycles. The van der Waals surface area contributed by atoms with Crippen molar-refractivity contribution in [3.8, 4) is 0 Å². The zero-order chi connectivity index (χ0) is 13.6. The van der Waals surface area contributed by atoms with Gasteiger partial charge in [-0.25, -0.2) is 13.2 Å². The molecule has 7 heteroatoms. The third kappa shape index (κ3) is 2.95. The minimum Gasteiger partial charge on any atom is -0.444 e. The Morgan fingerprint density at radius 2 is 2.00 bits per heavy atom. The maximum Gasteiger partial charge on any atom is 0.410 e. The molecule has 2 rings (SSSR count). The number of piperazine rings is 1. The van der Waals surface area contributed by atoms with Crippen LogP contribution in [0.3, 0.4) is 0 Å². The van der Waals surface area contributed by atoms with E-state index in [2.05, 4.69) is 5.32 Å². The van der Waals surface area contributed by atoms with Gasteiger partial charge in [0.15, 0.2) is 9.84 Å². The lowest BCUT2D eigenvalue weighted by molar-refractivity contribution is 0.0110. The van der Waals surface area contributed by atoms with Crippen molar-refractivity contribution in [1.82, 2.24) is 10.2 Å². The van der Waals surface area contributed by atoms with Crippen molar-refractivity contribution >= 4 is 15.9 Å². The molecule has 18 heavy (non-hydrogen) atoms. The highest BCUT2D eigenvalue weighted by Gasteiger charge is 2.45. The van der Waals surface area contributed by atoms with E-state index in [-0.39, 0.29) is 23.6 Å². The van der Waals surface area contributed by atoms with Crippen LogP contribution in [0.15, 0.2) is 0 Å². The van der Waals surface area contributed by atoms with E-state index < -0.39 is 21.5 Å². The number of nitrogens with zero attached hydrogens (tertiary/aromatic N) is 1. The van der Waals surface area contributed by atoms with E-state index in [1.165, 1.54) is 0 Å². The summed E-state index contributed by atoms with van der Waals surface area (Å²) in [5.41, 5.74) is -0.561. The van der Waals surface area contributed by atoms with Gasteiger partial charge in [-0.05, 0) is 20.8 Å². The van der Waals surface area contributed by atoms with E-state index in [9.17, 15) is 13.2 Å². The van der Waals surface area contributed by atoms with Crippen LogP contribution in [-0.4, -0.2) is 61.7 Å². The molecule has 0 bridgehead atoms. The fraction of sp³-hybridized carbons (Fsp3) is 0.909. The predicted molar refractivity (Wildman–Crippen MR) is 67.2 cm³/mol. The Balaban J connectivity index is 2.11. The molecule has 0 aromatic carbocycles. The van der Waals surface area contributed by atoms with Gasteiger partial charge in [-0.2, -0.15) is 0 Å². The maximum absolute atomic E-state index is 12.0. The number of hydrogen-bond acceptors (Lipinski definition) is 5. The van der Waals surface area contributed by atoms with E-state index in [0.29, 0.717) is 13.1 Å². The zero-order valence-corrected chi connectivity index (χ0v) is 11.8. The second-order valence-corrected chi connectivity index (χ2v) is 8.03. The smallest absolute Gasteiger partial charge is 0.410 e. The lowest BCUT2D eigenvalue weighted by Crippen LogP contribution is -2.59. The fourth-order valence-electron chi connectivity index (χ4n) is 2.41. The number of rotatable bonds is 0. The lowest BCUT2D eigenvalue weighted by atomic mass is 10.1. The molecule has 0 aromatic rings. The van der Waals surface area contributed by atoms with Gasteiger partial charge < -0.3 is 15.0 Å². The van der Waals surface area contributed by atoms with E-state index in [4.69, 9.17) is 4.74 Å². The quantitative estimate of drug-likeness (QED) is 0.673. The van der Waals surface area contributed by atoms with Gasteiger partial charge >= 0.3 is 6.09 Å². The highest BCUT2D eigenvalue weighted by Crippen LogP contribution is 2.23. The highest BCUT2D eigenvalue weighted by molar-refractivity contribution is 7.91. The molecule has 2 aliphatic heterocycles. The summed E-state index contributed by atoms with van der Waals surface area (Å²) in [6, 6.07) is -0.449. The van der Waals surface area contributed by atoms with Gasteiger partial charge in [0.1, 0.15) is 5.60 Å². The first-order valence-corrected chi connectivity index (χ1v) is 7.93. The Kier molecular flexibility index (Phi) is 3.31. The molecule has 1 N–H and O–H groups in total. The van der Waals surface area contributed by atoms with Crippen molar-refractivity contribution in [1.29, 1.82) is 0 Å². The van der Waals surface area contributed by atoms with Crippen LogP contribution in [0.5, 0.6) is 0 Å². The summed E-state index contributed by atoms with van der Waals surface area (Å²) in [7, 11) is -3.05. The van der Waals surface area contributed by atoms with Crippen LogP contribution in [0.25, 0.3) is 0 Å². The predicted octanol–water partition coefficient (Wildman–Crippen LogP) is -0.00770. The topological polar surface area (TPSA) is 75.7 Å². The Labute approximate surface area is 108 Å². The number of carbonyl (C=O) groups is 1. The molecule has 1 amide bonds. The molecule has 6 nitrogen and oxygen atoms in total. The third-order valence-electron chi connectivity index (χ3n) is 3.11. The van der Waals surface area contributed by atoms with Crippen molar-refractivity contribution in [2.75, 3.05) is 24.6 Å². The van der Waals surface area contributed by atoms with Gasteiger partial charge in [-0.3, -0.25) is 0 Å². The van der Waals surface area contributed by atoms with Gasteiger partial charge in [-0.15, -0.1) is 0 Å². The summed E-state index contributed by atoms with van der Waals surface area (Å²) in [6.07, 6.45) is -0.420. The first-order chi connectivity index (χ1) is 8.18. The molecule has 0 saturated carbocycles. The number of carbonyl (C=O) groups excluding carboxylic acids is 1. The summed E-state index contributed by atoms with van der Waals surface area (Å²) >= 11 is 0. The minimum atomic E-state index is -3.05. The summed E-state index contributed by atoms with van der Waals surface area (Å²) in [5.74, 6) is 0.140. The largest absolute Gasteiger partial charge is 0.444 e. The molecular formula is C11H20N2O4S. The van der Waals surface area contributed by atoms with Gasteiger partial charge in [0.05, 0.1) is 17.5 Å². The molecule has 2 fully saturated rings. The van der Waals surface area contributed by atoms with E-state index in [1.807, 2.05) is 0 Å². The minimum absolute atomic E-state index is 0.0317. The lowest BCUT2D eigenvalue weighted by Gasteiger charge is -2.38. The fourth-order valence-corrected chi connectivity index (χ4v) is 4.37. The Morgan fingerprint density at radius 1 is 1.33 bits per heavy atom. The highest BCUT2D eigenvalue weighted by atomic mass is 32.2. The molecule has 2 aliphatic rings. The number of fused-ring (bicyclic) bond motifs is 1. The second kappa shape index (κ2) is 4.38. The van der Waals surface area contributed by atoms with E-state index in [1.54, 1.807) is 25.7 Å². The van der Waals surface area contributed by atoms with Gasteiger partial charge in [-0.1, -0.05) is 0 Å². The van der Waals surface area contributed by atoms with Crippen LogP contribution in [0.2, 0.25) is 0 Å². The number of nitrogens with one attached hydrogen (secondary N) is 1. The number of sulfone groups is 1. The van der Waals surface area contributed by atoms with Crippen LogP contribution < -0.4 is 5.32 Å². The summed E-state index contributed by atoms with van der Waals surface area (Å²) < 4.78 is 28.6. The summed E-state index contributed by atoms with van der Waals surface area (Å²) in [6.45, 7) is 6.50. The molecule has 0 aromatic heterocycles. The number of ether oxygens (including phenoxy) is 1. The molecule has 104 valence electrons. The third-order valence-corrected chi connectivity index (χ3v) is 4.83. The normalized spacial score (nSPS) is 30.9. The molecule has 2 atom stereocenters. The average molecular weight is 276 g/mol. The van der Waals surface area contributed by atoms with Crippen molar-refractivity contribution in [3.63, 3.8) is 0 Å². The maximum atomic E-state index is 12.0. The average Bonchev–Trinajstić information content (AvgIpc) is 2.47. The zero-order valence-electron chi connectivity index (χ0n) is 11.0. The van der Waals surface area contributed by atoms with Gasteiger partial charge in [0, 0.05) is 19.1 Å². The first kappa shape index (κ1) is 13.6. The molecule has 0 radical (unpaired) electrons. The monoisotopic (exact) mass is 276 g/mol. The molecule has 0 spiro atoms. The van der Waals surface area contributed by atoms with Gasteiger partial charge in [0.2, 0.25) is 0 Å². The van der Waals surface area contributed by atoms with Gasteiger partial charge in [0.25, 0.3) is 0 Å². The molecule has 0 unspecified atom stereocenters. The first-order valence-electron chi connectivity index (χ1n) is 6.11. The molecule has 2 heterocycles. The Bertz CT molecular complexity index is 440. The van der Waals surface area contributed by atoms with E-state index in [0.717, 1.165) is 0 Å². The summed E-state index contributed by atoms with van der Waals surface area (Å²) in [4.78, 5) is 13.6. The van der Waals surface area contributed by atoms with Crippen LogP contribution in [0.4, 0.5) is 4.79 Å². The van der Waals surface area contributed by atoms with E-state index >= 15 is 0 Å². The SMILES string of the molecule is CC(C)(C)OC(=O)N1CCN[C@@H]2CS(=O)(=O)C[C@@H]21. The van der Waals surface area contributed by atoms with Crippen molar-refractivity contribution in [2.24, 2.45) is 0 Å². The second-order valence-electron chi connectivity index (χ2n) is 5.88. The van der Waals surface area contributed by atoms with Crippen LogP contribution >= 0.6 is 0 Å². The Hall–Kier alpha value is -0.820. The molecule has 2 saturated heterocycles. The van der Waals surface area contributed by atoms with Crippen LogP contribution in [0.1, 0.15) is 20.8 Å². The molecular weight excluding hydrogens is 256 g/mol. The Morgan fingerprint density at radius 3 is 2.61 bits per heavy atom. The number of amides is 1.